The Labute approximate surface area is 157 Å². The van der Waals surface area contributed by atoms with Crippen molar-refractivity contribution in [2.75, 3.05) is 11.9 Å². The first-order chi connectivity index (χ1) is 13.2. The van der Waals surface area contributed by atoms with E-state index in [0.717, 1.165) is 22.4 Å². The van der Waals surface area contributed by atoms with Gasteiger partial charge >= 0.3 is 6.03 Å². The highest BCUT2D eigenvalue weighted by molar-refractivity contribution is 5.89. The third-order valence-electron chi connectivity index (χ3n) is 4.08. The quantitative estimate of drug-likeness (QED) is 0.671. The van der Waals surface area contributed by atoms with Gasteiger partial charge in [-0.25, -0.2) is 9.48 Å². The zero-order chi connectivity index (χ0) is 19.1. The fourth-order valence-corrected chi connectivity index (χ4v) is 2.64. The van der Waals surface area contributed by atoms with Gasteiger partial charge in [0.05, 0.1) is 12.3 Å². The van der Waals surface area contributed by atoms with Gasteiger partial charge in [-0.1, -0.05) is 30.3 Å². The molecule has 2 aromatic carbocycles. The molecule has 0 aliphatic rings. The predicted molar refractivity (Wildman–Crippen MR) is 102 cm³/mol. The molecule has 8 nitrogen and oxygen atoms in total. The third-order valence-corrected chi connectivity index (χ3v) is 4.08. The van der Waals surface area contributed by atoms with E-state index in [1.165, 1.54) is 6.33 Å². The Morgan fingerprint density at radius 3 is 2.74 bits per heavy atom. The molecular formula is C19H22N6O2. The Kier molecular flexibility index (Phi) is 6.11. The summed E-state index contributed by atoms with van der Waals surface area (Å²) in [6.07, 6.45) is 1.52. The molecule has 1 aromatic heterocycles. The van der Waals surface area contributed by atoms with Gasteiger partial charge in [0, 0.05) is 18.8 Å². The largest absolute Gasteiger partial charge is 0.377 e. The molecule has 3 aromatic rings. The predicted octanol–water partition coefficient (Wildman–Crippen LogP) is 2.83. The van der Waals surface area contributed by atoms with Crippen molar-refractivity contribution >= 4 is 11.7 Å². The molecule has 2 N–H and O–H groups in total. The van der Waals surface area contributed by atoms with E-state index in [4.69, 9.17) is 4.74 Å². The average Bonchev–Trinajstić information content (AvgIpc) is 3.21. The standard InChI is InChI=1S/C19H22N6O2/c1-3-27-12-16-7-5-4-6-15(16)11-20-19(26)22-17-9-8-14(2)18(10-17)25-13-21-23-24-25/h4-10,13H,3,11-12H2,1-2H3,(H2,20,22,26). The Bertz CT molecular complexity index is 895. The lowest BCUT2D eigenvalue weighted by atomic mass is 10.1. The highest BCUT2D eigenvalue weighted by atomic mass is 16.5. The summed E-state index contributed by atoms with van der Waals surface area (Å²) in [5.74, 6) is 0. The van der Waals surface area contributed by atoms with Crippen molar-refractivity contribution < 1.29 is 9.53 Å². The number of carbonyl (C=O) groups excluding carboxylic acids is 1. The molecular weight excluding hydrogens is 344 g/mol. The van der Waals surface area contributed by atoms with Gasteiger partial charge in [-0.05, 0) is 53.1 Å². The second-order valence-corrected chi connectivity index (χ2v) is 5.97. The normalized spacial score (nSPS) is 10.6. The number of tetrazole rings is 1. The Hall–Kier alpha value is -3.26. The van der Waals surface area contributed by atoms with E-state index >= 15 is 0 Å². The molecule has 1 heterocycles. The number of carbonyl (C=O) groups is 1. The van der Waals surface area contributed by atoms with Crippen LogP contribution in [0.25, 0.3) is 5.69 Å². The number of aryl methyl sites for hydroxylation is 1. The second-order valence-electron chi connectivity index (χ2n) is 5.97. The van der Waals surface area contributed by atoms with Gasteiger partial charge in [0.25, 0.3) is 0 Å². The summed E-state index contributed by atoms with van der Waals surface area (Å²) >= 11 is 0. The van der Waals surface area contributed by atoms with Crippen LogP contribution in [-0.2, 0) is 17.9 Å². The SMILES string of the molecule is CCOCc1ccccc1CNC(=O)Nc1ccc(C)c(-n2cnnn2)c1. The molecule has 0 bridgehead atoms. The summed E-state index contributed by atoms with van der Waals surface area (Å²) < 4.78 is 7.03. The number of nitrogens with one attached hydrogen (secondary N) is 2. The summed E-state index contributed by atoms with van der Waals surface area (Å²) in [6.45, 7) is 5.51. The first-order valence-corrected chi connectivity index (χ1v) is 8.70. The second kappa shape index (κ2) is 8.91. The number of urea groups is 1. The van der Waals surface area contributed by atoms with E-state index in [1.54, 1.807) is 4.68 Å². The number of benzene rings is 2. The minimum absolute atomic E-state index is 0.285. The van der Waals surface area contributed by atoms with Gasteiger partial charge in [0.15, 0.2) is 0 Å². The first kappa shape index (κ1) is 18.5. The summed E-state index contributed by atoms with van der Waals surface area (Å²) in [5, 5.41) is 16.9. The molecule has 0 radical (unpaired) electrons. The van der Waals surface area contributed by atoms with E-state index in [9.17, 15) is 4.79 Å². The first-order valence-electron chi connectivity index (χ1n) is 8.70. The molecule has 0 unspecified atom stereocenters. The fraction of sp³-hybridized carbons (Fsp3) is 0.263. The zero-order valence-electron chi connectivity index (χ0n) is 15.3. The lowest BCUT2D eigenvalue weighted by Gasteiger charge is -2.12. The minimum Gasteiger partial charge on any atom is -0.377 e. The van der Waals surface area contributed by atoms with Crippen LogP contribution in [-0.4, -0.2) is 32.8 Å². The van der Waals surface area contributed by atoms with Crippen LogP contribution in [0.1, 0.15) is 23.6 Å². The van der Waals surface area contributed by atoms with Gasteiger partial charge in [-0.3, -0.25) is 0 Å². The van der Waals surface area contributed by atoms with Crippen molar-refractivity contribution in [2.45, 2.75) is 27.0 Å². The van der Waals surface area contributed by atoms with Crippen LogP contribution in [0.15, 0.2) is 48.8 Å². The Balaban J connectivity index is 1.63. The molecule has 0 atom stereocenters. The van der Waals surface area contributed by atoms with Crippen molar-refractivity contribution in [3.63, 3.8) is 0 Å². The van der Waals surface area contributed by atoms with Gasteiger partial charge < -0.3 is 15.4 Å². The molecule has 8 heteroatoms. The number of nitrogens with zero attached hydrogens (tertiary/aromatic N) is 4. The average molecular weight is 366 g/mol. The van der Waals surface area contributed by atoms with Crippen LogP contribution >= 0.6 is 0 Å². The monoisotopic (exact) mass is 366 g/mol. The molecule has 27 heavy (non-hydrogen) atoms. The van der Waals surface area contributed by atoms with Gasteiger partial charge in [0.2, 0.25) is 0 Å². The summed E-state index contributed by atoms with van der Waals surface area (Å²) in [7, 11) is 0. The van der Waals surface area contributed by atoms with Gasteiger partial charge in [0.1, 0.15) is 6.33 Å². The number of ether oxygens (including phenoxy) is 1. The van der Waals surface area contributed by atoms with Crippen LogP contribution in [0, 0.1) is 6.92 Å². The van der Waals surface area contributed by atoms with E-state index in [-0.39, 0.29) is 6.03 Å². The molecule has 3 rings (SSSR count). The molecule has 2 amide bonds. The van der Waals surface area contributed by atoms with Gasteiger partial charge in [-0.15, -0.1) is 5.10 Å². The molecule has 0 aliphatic carbocycles. The number of anilines is 1. The zero-order valence-corrected chi connectivity index (χ0v) is 15.3. The molecule has 0 saturated heterocycles. The van der Waals surface area contributed by atoms with Crippen LogP contribution in [0.2, 0.25) is 0 Å². The van der Waals surface area contributed by atoms with Crippen molar-refractivity contribution in [2.24, 2.45) is 0 Å². The van der Waals surface area contributed by atoms with Gasteiger partial charge in [-0.2, -0.15) is 0 Å². The van der Waals surface area contributed by atoms with E-state index in [0.29, 0.717) is 25.4 Å². The number of amides is 2. The van der Waals surface area contributed by atoms with E-state index in [2.05, 4.69) is 26.2 Å². The lowest BCUT2D eigenvalue weighted by molar-refractivity contribution is 0.133. The molecule has 0 saturated carbocycles. The lowest BCUT2D eigenvalue weighted by Crippen LogP contribution is -2.28. The van der Waals surface area contributed by atoms with E-state index in [1.807, 2.05) is 56.3 Å². The van der Waals surface area contributed by atoms with Crippen molar-refractivity contribution in [1.29, 1.82) is 0 Å². The fourth-order valence-electron chi connectivity index (χ4n) is 2.64. The minimum atomic E-state index is -0.285. The summed E-state index contributed by atoms with van der Waals surface area (Å²) in [5.41, 5.74) is 4.56. The van der Waals surface area contributed by atoms with Crippen LogP contribution in [0.3, 0.4) is 0 Å². The van der Waals surface area contributed by atoms with Crippen LogP contribution < -0.4 is 10.6 Å². The summed E-state index contributed by atoms with van der Waals surface area (Å²) in [6, 6.07) is 13.2. The summed E-state index contributed by atoms with van der Waals surface area (Å²) in [4.78, 5) is 12.3. The van der Waals surface area contributed by atoms with Crippen molar-refractivity contribution in [3.05, 3.63) is 65.5 Å². The van der Waals surface area contributed by atoms with Crippen molar-refractivity contribution in [1.82, 2.24) is 25.5 Å². The Morgan fingerprint density at radius 2 is 2.00 bits per heavy atom. The highest BCUT2D eigenvalue weighted by Gasteiger charge is 2.08. The third kappa shape index (κ3) is 4.89. The maximum Gasteiger partial charge on any atom is 0.319 e. The molecule has 0 aliphatic heterocycles. The number of hydrogen-bond acceptors (Lipinski definition) is 5. The van der Waals surface area contributed by atoms with Crippen molar-refractivity contribution in [3.8, 4) is 5.69 Å². The molecule has 0 fully saturated rings. The number of hydrogen-bond donors (Lipinski definition) is 2. The maximum absolute atomic E-state index is 12.3. The van der Waals surface area contributed by atoms with E-state index < -0.39 is 0 Å². The molecule has 0 spiro atoms. The smallest absolute Gasteiger partial charge is 0.319 e. The van der Waals surface area contributed by atoms with Crippen LogP contribution in [0.5, 0.6) is 0 Å². The topological polar surface area (TPSA) is 94.0 Å². The van der Waals surface area contributed by atoms with Crippen LogP contribution in [0.4, 0.5) is 10.5 Å². The maximum atomic E-state index is 12.3. The number of rotatable bonds is 7. The number of aromatic nitrogens is 4. The highest BCUT2D eigenvalue weighted by Crippen LogP contribution is 2.18. The molecule has 140 valence electrons. The Morgan fingerprint density at radius 1 is 1.19 bits per heavy atom.